The van der Waals surface area contributed by atoms with E-state index in [2.05, 4.69) is 0 Å². The zero-order valence-corrected chi connectivity index (χ0v) is 12.2. The first-order valence-corrected chi connectivity index (χ1v) is 7.14. The maximum absolute atomic E-state index is 11.1. The van der Waals surface area contributed by atoms with Gasteiger partial charge in [0, 0.05) is 5.02 Å². The van der Waals surface area contributed by atoms with Crippen LogP contribution in [0.4, 0.5) is 0 Å². The van der Waals surface area contributed by atoms with Crippen molar-refractivity contribution in [2.75, 3.05) is 13.2 Å². The summed E-state index contributed by atoms with van der Waals surface area (Å²) in [5.74, 6) is 0. The largest absolute Gasteiger partial charge is 0.368 e. The molecule has 17 heavy (non-hydrogen) atoms. The number of rotatable bonds is 6. The van der Waals surface area contributed by atoms with Crippen molar-refractivity contribution in [1.29, 1.82) is 0 Å². The Labute approximate surface area is 116 Å². The monoisotopic (exact) mass is 315 g/mol. The summed E-state index contributed by atoms with van der Waals surface area (Å²) in [6.45, 7) is 2.34. The second-order valence-electron chi connectivity index (χ2n) is 3.08. The first-order chi connectivity index (χ1) is 8.04. The smallest absolute Gasteiger partial charge is 0.283 e. The van der Waals surface area contributed by atoms with E-state index in [1.807, 2.05) is 0 Å². The zero-order chi connectivity index (χ0) is 12.8. The summed E-state index contributed by atoms with van der Waals surface area (Å²) in [4.78, 5) is 0. The summed E-state index contributed by atoms with van der Waals surface area (Å²) in [5.41, 5.74) is 0.793. The van der Waals surface area contributed by atoms with Gasteiger partial charge in [0.2, 0.25) is 0 Å². The van der Waals surface area contributed by atoms with Gasteiger partial charge < -0.3 is 0 Å². The Morgan fingerprint density at radius 1 is 1.12 bits per heavy atom. The van der Waals surface area contributed by atoms with Crippen LogP contribution in [0.15, 0.2) is 12.1 Å². The van der Waals surface area contributed by atoms with E-state index in [-0.39, 0.29) is 6.61 Å². The van der Waals surface area contributed by atoms with Crippen LogP contribution in [0.5, 0.6) is 0 Å². The molecule has 0 spiro atoms. The van der Waals surface area contributed by atoms with E-state index in [1.54, 1.807) is 19.1 Å². The molecule has 0 N–H and O–H groups in total. The standard InChI is InChI=1S/C10H11Cl3O3P/c1-2-15-17(14)16-4-3-7-5-9(12)10(13)6-8(7)11/h5-6H,2-4H2,1H3. The lowest BCUT2D eigenvalue weighted by atomic mass is 10.2. The fourth-order valence-corrected chi connectivity index (χ4v) is 2.32. The zero-order valence-electron chi connectivity index (χ0n) is 9.08. The second-order valence-corrected chi connectivity index (χ2v) is 5.27. The summed E-state index contributed by atoms with van der Waals surface area (Å²) in [6.07, 6.45) is 0.490. The van der Waals surface area contributed by atoms with E-state index >= 15 is 0 Å². The average Bonchev–Trinajstić information content (AvgIpc) is 2.26. The van der Waals surface area contributed by atoms with E-state index in [4.69, 9.17) is 43.9 Å². The predicted octanol–water partition coefficient (Wildman–Crippen LogP) is 4.90. The van der Waals surface area contributed by atoms with Crippen molar-refractivity contribution in [3.05, 3.63) is 32.8 Å². The van der Waals surface area contributed by atoms with Gasteiger partial charge in [0.05, 0.1) is 23.3 Å². The molecule has 0 fully saturated rings. The van der Waals surface area contributed by atoms with Crippen LogP contribution in [0, 0.1) is 0 Å². The second kappa shape index (κ2) is 7.52. The molecule has 0 heterocycles. The Balaban J connectivity index is 2.52. The predicted molar refractivity (Wildman–Crippen MR) is 70.4 cm³/mol. The molecule has 0 saturated carbocycles. The van der Waals surface area contributed by atoms with E-state index in [9.17, 15) is 4.57 Å². The van der Waals surface area contributed by atoms with E-state index in [0.717, 1.165) is 5.56 Å². The van der Waals surface area contributed by atoms with Crippen LogP contribution in [0.2, 0.25) is 15.1 Å². The fraction of sp³-hybridized carbons (Fsp3) is 0.400. The van der Waals surface area contributed by atoms with Crippen LogP contribution in [0.25, 0.3) is 0 Å². The molecule has 0 aliphatic rings. The molecule has 0 amide bonds. The van der Waals surface area contributed by atoms with Crippen molar-refractivity contribution < 1.29 is 13.6 Å². The van der Waals surface area contributed by atoms with Gasteiger partial charge in [0.25, 0.3) is 0 Å². The highest BCUT2D eigenvalue weighted by atomic mass is 35.5. The molecule has 3 nitrogen and oxygen atoms in total. The highest BCUT2D eigenvalue weighted by Gasteiger charge is 2.07. The molecule has 0 aliphatic heterocycles. The van der Waals surface area contributed by atoms with Crippen molar-refractivity contribution in [3.63, 3.8) is 0 Å². The molecule has 0 bridgehead atoms. The molecule has 0 aromatic heterocycles. The van der Waals surface area contributed by atoms with Crippen molar-refractivity contribution in [3.8, 4) is 0 Å². The van der Waals surface area contributed by atoms with Gasteiger partial charge in [-0.1, -0.05) is 34.8 Å². The first-order valence-electron chi connectivity index (χ1n) is 4.91. The summed E-state index contributed by atoms with van der Waals surface area (Å²) < 4.78 is 20.8. The van der Waals surface area contributed by atoms with Crippen LogP contribution in [0.1, 0.15) is 12.5 Å². The van der Waals surface area contributed by atoms with Gasteiger partial charge in [-0.15, -0.1) is 0 Å². The first kappa shape index (κ1) is 15.2. The third-order valence-electron chi connectivity index (χ3n) is 1.89. The molecule has 1 atom stereocenters. The SMILES string of the molecule is CCO[P](=O)OCCc1cc(Cl)c(Cl)cc1Cl. The van der Waals surface area contributed by atoms with Crippen LogP contribution in [-0.2, 0) is 20.0 Å². The van der Waals surface area contributed by atoms with Gasteiger partial charge in [-0.25, -0.2) is 4.57 Å². The molecule has 7 heteroatoms. The highest BCUT2D eigenvalue weighted by Crippen LogP contribution is 2.30. The Morgan fingerprint density at radius 2 is 1.76 bits per heavy atom. The third kappa shape index (κ3) is 5.09. The molecule has 1 radical (unpaired) electrons. The molecule has 1 aromatic carbocycles. The van der Waals surface area contributed by atoms with Crippen LogP contribution in [-0.4, -0.2) is 13.2 Å². The molecule has 1 aromatic rings. The Hall–Kier alpha value is 0.110. The number of halogens is 3. The normalized spacial score (nSPS) is 11.6. The number of hydrogen-bond acceptors (Lipinski definition) is 3. The summed E-state index contributed by atoms with van der Waals surface area (Å²) in [5, 5.41) is 1.34. The number of hydrogen-bond donors (Lipinski definition) is 0. The van der Waals surface area contributed by atoms with Crippen LogP contribution >= 0.6 is 43.1 Å². The minimum absolute atomic E-state index is 0.243. The summed E-state index contributed by atoms with van der Waals surface area (Å²) in [6, 6.07) is 3.24. The third-order valence-corrected chi connectivity index (χ3v) is 3.83. The lowest BCUT2D eigenvalue weighted by Gasteiger charge is -2.06. The fourth-order valence-electron chi connectivity index (χ4n) is 1.13. The highest BCUT2D eigenvalue weighted by molar-refractivity contribution is 7.33. The Bertz CT molecular complexity index is 412. The van der Waals surface area contributed by atoms with E-state index in [0.29, 0.717) is 28.1 Å². The van der Waals surface area contributed by atoms with Gasteiger partial charge in [-0.2, -0.15) is 0 Å². The minimum Gasteiger partial charge on any atom is -0.283 e. The average molecular weight is 317 g/mol. The van der Waals surface area contributed by atoms with Crippen LogP contribution in [0.3, 0.4) is 0 Å². The van der Waals surface area contributed by atoms with Crippen molar-refractivity contribution in [2.24, 2.45) is 0 Å². The van der Waals surface area contributed by atoms with Crippen molar-refractivity contribution in [1.82, 2.24) is 0 Å². The Kier molecular flexibility index (Phi) is 6.71. The topological polar surface area (TPSA) is 35.5 Å². The van der Waals surface area contributed by atoms with E-state index < -0.39 is 8.25 Å². The van der Waals surface area contributed by atoms with Gasteiger partial charge in [-0.3, -0.25) is 9.05 Å². The van der Waals surface area contributed by atoms with Crippen molar-refractivity contribution in [2.45, 2.75) is 13.3 Å². The lowest BCUT2D eigenvalue weighted by molar-refractivity contribution is 0.236. The maximum Gasteiger partial charge on any atom is 0.368 e. The summed E-state index contributed by atoms with van der Waals surface area (Å²) in [7, 11) is -2.05. The van der Waals surface area contributed by atoms with Gasteiger partial charge >= 0.3 is 8.25 Å². The molecular formula is C10H11Cl3O3P. The van der Waals surface area contributed by atoms with E-state index in [1.165, 1.54) is 0 Å². The molecule has 1 rings (SSSR count). The van der Waals surface area contributed by atoms with Crippen molar-refractivity contribution >= 4 is 43.1 Å². The maximum atomic E-state index is 11.1. The lowest BCUT2D eigenvalue weighted by Crippen LogP contribution is -1.95. The number of benzene rings is 1. The quantitative estimate of drug-likeness (QED) is 0.553. The molecule has 1 unspecified atom stereocenters. The summed E-state index contributed by atoms with van der Waals surface area (Å²) >= 11 is 17.6. The molecule has 95 valence electrons. The molecule has 0 aliphatic carbocycles. The van der Waals surface area contributed by atoms with Gasteiger partial charge in [0.1, 0.15) is 0 Å². The van der Waals surface area contributed by atoms with Gasteiger partial charge in [0.15, 0.2) is 0 Å². The van der Waals surface area contributed by atoms with Gasteiger partial charge in [-0.05, 0) is 31.0 Å². The minimum atomic E-state index is -2.05. The Morgan fingerprint density at radius 3 is 2.41 bits per heavy atom. The van der Waals surface area contributed by atoms with Crippen LogP contribution < -0.4 is 0 Å². The molecule has 0 saturated heterocycles. The molecular weight excluding hydrogens is 305 g/mol.